The van der Waals surface area contributed by atoms with E-state index >= 15 is 0 Å². The van der Waals surface area contributed by atoms with Gasteiger partial charge in [-0.25, -0.2) is 0 Å². The standard InChI is InChI=1S/C15H22O/c1-12-6-8-15(16,9-7-12)11-14-5-3-4-13(2)10-14/h3-5,10,12,16H,6-9,11H2,1-2H3. The molecule has 0 bridgehead atoms. The molecule has 1 fully saturated rings. The molecule has 0 atom stereocenters. The maximum atomic E-state index is 10.5. The Morgan fingerprint density at radius 1 is 1.31 bits per heavy atom. The van der Waals surface area contributed by atoms with Crippen LogP contribution in [0.4, 0.5) is 0 Å². The van der Waals surface area contributed by atoms with Gasteiger partial charge in [-0.15, -0.1) is 0 Å². The van der Waals surface area contributed by atoms with E-state index in [1.54, 1.807) is 0 Å². The molecule has 1 aromatic rings. The summed E-state index contributed by atoms with van der Waals surface area (Å²) in [5.41, 5.74) is 2.11. The van der Waals surface area contributed by atoms with Crippen LogP contribution < -0.4 is 0 Å². The van der Waals surface area contributed by atoms with Crippen molar-refractivity contribution in [3.05, 3.63) is 35.4 Å². The number of benzene rings is 1. The lowest BCUT2D eigenvalue weighted by atomic mass is 9.76. The molecule has 0 heterocycles. The first kappa shape index (κ1) is 11.7. The van der Waals surface area contributed by atoms with E-state index in [0.29, 0.717) is 0 Å². The van der Waals surface area contributed by atoms with Crippen LogP contribution in [0, 0.1) is 12.8 Å². The van der Waals surface area contributed by atoms with Crippen molar-refractivity contribution in [2.45, 2.75) is 51.6 Å². The molecule has 0 aliphatic heterocycles. The van der Waals surface area contributed by atoms with E-state index in [1.165, 1.54) is 24.0 Å². The Morgan fingerprint density at radius 2 is 2.00 bits per heavy atom. The highest BCUT2D eigenvalue weighted by Crippen LogP contribution is 2.34. The Labute approximate surface area is 98.5 Å². The first-order valence-electron chi connectivity index (χ1n) is 6.35. The van der Waals surface area contributed by atoms with Crippen LogP contribution in [-0.4, -0.2) is 10.7 Å². The molecule has 88 valence electrons. The third-order valence-electron chi connectivity index (χ3n) is 3.82. The number of hydrogen-bond acceptors (Lipinski definition) is 1. The van der Waals surface area contributed by atoms with Gasteiger partial charge < -0.3 is 5.11 Å². The summed E-state index contributed by atoms with van der Waals surface area (Å²) >= 11 is 0. The van der Waals surface area contributed by atoms with Crippen LogP contribution in [0.3, 0.4) is 0 Å². The zero-order valence-corrected chi connectivity index (χ0v) is 10.4. The fourth-order valence-electron chi connectivity index (χ4n) is 2.68. The van der Waals surface area contributed by atoms with Gasteiger partial charge in [-0.3, -0.25) is 0 Å². The second-order valence-electron chi connectivity index (χ2n) is 5.57. The van der Waals surface area contributed by atoms with Crippen LogP contribution >= 0.6 is 0 Å². The van der Waals surface area contributed by atoms with Gasteiger partial charge in [0, 0.05) is 6.42 Å². The summed E-state index contributed by atoms with van der Waals surface area (Å²) < 4.78 is 0. The number of rotatable bonds is 2. The molecule has 1 aliphatic rings. The number of aliphatic hydroxyl groups is 1. The summed E-state index contributed by atoms with van der Waals surface area (Å²) in [5.74, 6) is 0.790. The van der Waals surface area contributed by atoms with Gasteiger partial charge in [0.1, 0.15) is 0 Å². The molecule has 0 aromatic heterocycles. The monoisotopic (exact) mass is 218 g/mol. The lowest BCUT2D eigenvalue weighted by molar-refractivity contribution is -0.00667. The summed E-state index contributed by atoms with van der Waals surface area (Å²) in [6.07, 6.45) is 5.08. The van der Waals surface area contributed by atoms with Crippen LogP contribution in [0.25, 0.3) is 0 Å². The van der Waals surface area contributed by atoms with Crippen molar-refractivity contribution in [2.75, 3.05) is 0 Å². The number of hydrogen-bond donors (Lipinski definition) is 1. The lowest BCUT2D eigenvalue weighted by Gasteiger charge is -2.35. The van der Waals surface area contributed by atoms with Gasteiger partial charge in [0.15, 0.2) is 0 Å². The Kier molecular flexibility index (Phi) is 3.34. The first-order valence-corrected chi connectivity index (χ1v) is 6.35. The van der Waals surface area contributed by atoms with Crippen molar-refractivity contribution in [2.24, 2.45) is 5.92 Å². The van der Waals surface area contributed by atoms with Gasteiger partial charge in [-0.2, -0.15) is 0 Å². The molecule has 0 unspecified atom stereocenters. The Hall–Kier alpha value is -0.820. The molecule has 0 saturated heterocycles. The molecule has 16 heavy (non-hydrogen) atoms. The van der Waals surface area contributed by atoms with Crippen molar-refractivity contribution in [1.82, 2.24) is 0 Å². The van der Waals surface area contributed by atoms with E-state index in [0.717, 1.165) is 25.2 Å². The molecule has 1 nitrogen and oxygen atoms in total. The van der Waals surface area contributed by atoms with Gasteiger partial charge in [0.2, 0.25) is 0 Å². The lowest BCUT2D eigenvalue weighted by Crippen LogP contribution is -2.35. The van der Waals surface area contributed by atoms with E-state index in [4.69, 9.17) is 0 Å². The van der Waals surface area contributed by atoms with Crippen LogP contribution in [-0.2, 0) is 6.42 Å². The van der Waals surface area contributed by atoms with E-state index in [9.17, 15) is 5.11 Å². The fourth-order valence-corrected chi connectivity index (χ4v) is 2.68. The molecular weight excluding hydrogens is 196 g/mol. The van der Waals surface area contributed by atoms with E-state index in [1.807, 2.05) is 0 Å². The van der Waals surface area contributed by atoms with Crippen LogP contribution in [0.2, 0.25) is 0 Å². The maximum Gasteiger partial charge on any atom is 0.0688 e. The second kappa shape index (κ2) is 4.58. The van der Waals surface area contributed by atoms with Crippen molar-refractivity contribution in [1.29, 1.82) is 0 Å². The predicted octanol–water partition coefficient (Wildman–Crippen LogP) is 3.48. The SMILES string of the molecule is Cc1cccc(CC2(O)CCC(C)CC2)c1. The summed E-state index contributed by atoms with van der Waals surface area (Å²) in [7, 11) is 0. The third-order valence-corrected chi connectivity index (χ3v) is 3.82. The number of aryl methyl sites for hydroxylation is 1. The van der Waals surface area contributed by atoms with E-state index in [-0.39, 0.29) is 0 Å². The zero-order chi connectivity index (χ0) is 11.6. The normalized spacial score (nSPS) is 30.3. The summed E-state index contributed by atoms with van der Waals surface area (Å²) in [6.45, 7) is 4.39. The smallest absolute Gasteiger partial charge is 0.0688 e. The van der Waals surface area contributed by atoms with Gasteiger partial charge in [0.25, 0.3) is 0 Å². The minimum atomic E-state index is -0.444. The van der Waals surface area contributed by atoms with Gasteiger partial charge in [0.05, 0.1) is 5.60 Å². The van der Waals surface area contributed by atoms with Gasteiger partial charge >= 0.3 is 0 Å². The Balaban J connectivity index is 2.03. The molecule has 1 aliphatic carbocycles. The van der Waals surface area contributed by atoms with Crippen molar-refractivity contribution in [3.63, 3.8) is 0 Å². The Morgan fingerprint density at radius 3 is 2.62 bits per heavy atom. The second-order valence-corrected chi connectivity index (χ2v) is 5.57. The molecular formula is C15H22O. The van der Waals surface area contributed by atoms with Crippen molar-refractivity contribution in [3.8, 4) is 0 Å². The quantitative estimate of drug-likeness (QED) is 0.805. The van der Waals surface area contributed by atoms with E-state index in [2.05, 4.69) is 38.1 Å². The third kappa shape index (κ3) is 2.85. The van der Waals surface area contributed by atoms with Gasteiger partial charge in [-0.05, 0) is 44.1 Å². The fraction of sp³-hybridized carbons (Fsp3) is 0.600. The van der Waals surface area contributed by atoms with Crippen LogP contribution in [0.1, 0.15) is 43.7 Å². The molecule has 1 aromatic carbocycles. The average Bonchev–Trinajstić information content (AvgIpc) is 2.23. The summed E-state index contributed by atoms with van der Waals surface area (Å²) in [5, 5.41) is 10.5. The molecule has 1 heteroatoms. The minimum absolute atomic E-state index is 0.444. The topological polar surface area (TPSA) is 20.2 Å². The molecule has 2 rings (SSSR count). The highest BCUT2D eigenvalue weighted by molar-refractivity contribution is 5.23. The summed E-state index contributed by atoms with van der Waals surface area (Å²) in [4.78, 5) is 0. The van der Waals surface area contributed by atoms with Crippen molar-refractivity contribution < 1.29 is 5.11 Å². The molecule has 0 spiro atoms. The molecule has 0 radical (unpaired) electrons. The summed E-state index contributed by atoms with van der Waals surface area (Å²) in [6, 6.07) is 8.51. The molecule has 1 N–H and O–H groups in total. The highest BCUT2D eigenvalue weighted by atomic mass is 16.3. The van der Waals surface area contributed by atoms with E-state index < -0.39 is 5.60 Å². The first-order chi connectivity index (χ1) is 7.57. The molecule has 1 saturated carbocycles. The highest BCUT2D eigenvalue weighted by Gasteiger charge is 2.31. The van der Waals surface area contributed by atoms with Gasteiger partial charge in [-0.1, -0.05) is 36.8 Å². The van der Waals surface area contributed by atoms with Crippen LogP contribution in [0.15, 0.2) is 24.3 Å². The largest absolute Gasteiger partial charge is 0.390 e. The predicted molar refractivity (Wildman–Crippen MR) is 67.5 cm³/mol. The van der Waals surface area contributed by atoms with Crippen LogP contribution in [0.5, 0.6) is 0 Å². The zero-order valence-electron chi connectivity index (χ0n) is 10.4. The average molecular weight is 218 g/mol. The minimum Gasteiger partial charge on any atom is -0.390 e. The van der Waals surface area contributed by atoms with Crippen molar-refractivity contribution >= 4 is 0 Å². The maximum absolute atomic E-state index is 10.5. The molecule has 0 amide bonds. The Bertz CT molecular complexity index is 348.